The van der Waals surface area contributed by atoms with Crippen molar-refractivity contribution in [2.45, 2.75) is 73.0 Å². The van der Waals surface area contributed by atoms with Gasteiger partial charge in [-0.2, -0.15) is 0 Å². The molecule has 0 aromatic heterocycles. The zero-order chi connectivity index (χ0) is 13.8. The van der Waals surface area contributed by atoms with Gasteiger partial charge in [0.2, 0.25) is 0 Å². The van der Waals surface area contributed by atoms with Crippen LogP contribution >= 0.6 is 0 Å². The summed E-state index contributed by atoms with van der Waals surface area (Å²) in [5.74, 6) is 1.46. The van der Waals surface area contributed by atoms with Crippen LogP contribution in [-0.4, -0.2) is 25.3 Å². The molecule has 0 saturated heterocycles. The molecule has 1 rings (SSSR count). The van der Waals surface area contributed by atoms with E-state index in [1.165, 1.54) is 19.3 Å². The van der Waals surface area contributed by atoms with Crippen LogP contribution in [0.3, 0.4) is 0 Å². The molecule has 2 nitrogen and oxygen atoms in total. The lowest BCUT2D eigenvalue weighted by Gasteiger charge is -2.52. The maximum absolute atomic E-state index is 5.99. The van der Waals surface area contributed by atoms with E-state index in [1.54, 1.807) is 0 Å². The number of hydrogen-bond acceptors (Lipinski definition) is 2. The van der Waals surface area contributed by atoms with Crippen molar-refractivity contribution in [2.75, 3.05) is 13.2 Å². The van der Waals surface area contributed by atoms with Gasteiger partial charge in [0, 0.05) is 18.1 Å². The topological polar surface area (TPSA) is 21.3 Å². The lowest BCUT2D eigenvalue weighted by Crippen LogP contribution is -2.61. The minimum Gasteiger partial charge on any atom is -0.377 e. The summed E-state index contributed by atoms with van der Waals surface area (Å²) in [4.78, 5) is 0. The summed E-state index contributed by atoms with van der Waals surface area (Å²) >= 11 is 0. The highest BCUT2D eigenvalue weighted by molar-refractivity contribution is 5.02. The third-order valence-corrected chi connectivity index (χ3v) is 4.16. The van der Waals surface area contributed by atoms with Gasteiger partial charge in [0.15, 0.2) is 0 Å². The first-order chi connectivity index (χ1) is 8.34. The predicted molar refractivity (Wildman–Crippen MR) is 78.8 cm³/mol. The molecule has 2 unspecified atom stereocenters. The number of hydrogen-bond donors (Lipinski definition) is 1. The van der Waals surface area contributed by atoms with E-state index in [2.05, 4.69) is 46.9 Å². The molecule has 1 aliphatic carbocycles. The summed E-state index contributed by atoms with van der Waals surface area (Å²) in [5.41, 5.74) is 0.298. The molecule has 108 valence electrons. The lowest BCUT2D eigenvalue weighted by molar-refractivity contribution is -0.123. The van der Waals surface area contributed by atoms with Crippen LogP contribution in [0.25, 0.3) is 0 Å². The lowest BCUT2D eigenvalue weighted by atomic mass is 9.64. The molecule has 18 heavy (non-hydrogen) atoms. The second-order valence-corrected chi connectivity index (χ2v) is 7.32. The molecule has 0 amide bonds. The van der Waals surface area contributed by atoms with Crippen molar-refractivity contribution in [3.63, 3.8) is 0 Å². The van der Waals surface area contributed by atoms with E-state index >= 15 is 0 Å². The Bertz CT molecular complexity index is 233. The number of nitrogens with one attached hydrogen (secondary N) is 1. The summed E-state index contributed by atoms with van der Waals surface area (Å²) in [7, 11) is 0. The van der Waals surface area contributed by atoms with E-state index in [1.807, 2.05) is 0 Å². The van der Waals surface area contributed by atoms with Crippen molar-refractivity contribution in [1.82, 2.24) is 5.32 Å². The van der Waals surface area contributed by atoms with Gasteiger partial charge in [-0.15, -0.1) is 0 Å². The highest BCUT2D eigenvalue weighted by Crippen LogP contribution is 2.42. The Morgan fingerprint density at radius 3 is 2.33 bits per heavy atom. The molecule has 2 heteroatoms. The second-order valence-electron chi connectivity index (χ2n) is 7.32. The number of ether oxygens (including phenoxy) is 1. The Balaban J connectivity index is 2.18. The molecule has 0 heterocycles. The molecule has 0 aromatic carbocycles. The standard InChI is InChI=1S/C16H33NO/c1-12(2)8-7-9-17-14-10-15(16(14,5)6)18-11-13(3)4/h12-15,17H,7-11H2,1-6H3. The van der Waals surface area contributed by atoms with Crippen molar-refractivity contribution in [2.24, 2.45) is 17.3 Å². The highest BCUT2D eigenvalue weighted by Gasteiger charge is 2.48. The molecule has 1 aliphatic rings. The fourth-order valence-corrected chi connectivity index (χ4v) is 2.61. The van der Waals surface area contributed by atoms with Crippen molar-refractivity contribution in [3.05, 3.63) is 0 Å². The monoisotopic (exact) mass is 255 g/mol. The van der Waals surface area contributed by atoms with Gasteiger partial charge >= 0.3 is 0 Å². The Morgan fingerprint density at radius 1 is 1.17 bits per heavy atom. The number of rotatable bonds is 8. The zero-order valence-corrected chi connectivity index (χ0v) is 13.3. The fourth-order valence-electron chi connectivity index (χ4n) is 2.61. The van der Waals surface area contributed by atoms with Gasteiger partial charge in [-0.3, -0.25) is 0 Å². The van der Waals surface area contributed by atoms with Gasteiger partial charge < -0.3 is 10.1 Å². The van der Waals surface area contributed by atoms with Crippen molar-refractivity contribution in [1.29, 1.82) is 0 Å². The summed E-state index contributed by atoms with van der Waals surface area (Å²) in [6.45, 7) is 15.7. The van der Waals surface area contributed by atoms with Crippen molar-refractivity contribution < 1.29 is 4.74 Å². The van der Waals surface area contributed by atoms with Gasteiger partial charge in [0.1, 0.15) is 0 Å². The van der Waals surface area contributed by atoms with Crippen molar-refractivity contribution >= 4 is 0 Å². The van der Waals surface area contributed by atoms with Crippen LogP contribution in [0.15, 0.2) is 0 Å². The first kappa shape index (κ1) is 16.0. The van der Waals surface area contributed by atoms with Gasteiger partial charge in [-0.05, 0) is 37.6 Å². The van der Waals surface area contributed by atoms with Gasteiger partial charge in [0.05, 0.1) is 6.10 Å². The van der Waals surface area contributed by atoms with Crippen LogP contribution in [0.5, 0.6) is 0 Å². The molecule has 2 atom stereocenters. The average molecular weight is 255 g/mol. The molecule has 0 bridgehead atoms. The molecule has 1 fully saturated rings. The second kappa shape index (κ2) is 6.91. The SMILES string of the molecule is CC(C)CCCNC1CC(OCC(C)C)C1(C)C. The van der Waals surface area contributed by atoms with Crippen LogP contribution in [0.1, 0.15) is 60.8 Å². The molecule has 0 aromatic rings. The van der Waals surface area contributed by atoms with E-state index in [-0.39, 0.29) is 0 Å². The molecule has 1 N–H and O–H groups in total. The van der Waals surface area contributed by atoms with E-state index in [9.17, 15) is 0 Å². The molecule has 1 saturated carbocycles. The molecule has 0 aliphatic heterocycles. The van der Waals surface area contributed by atoms with E-state index in [0.29, 0.717) is 23.5 Å². The van der Waals surface area contributed by atoms with E-state index in [0.717, 1.165) is 19.1 Å². The molecular formula is C16H33NO. The quantitative estimate of drug-likeness (QED) is 0.665. The maximum Gasteiger partial charge on any atom is 0.0656 e. The third kappa shape index (κ3) is 4.55. The van der Waals surface area contributed by atoms with Crippen LogP contribution in [0.2, 0.25) is 0 Å². The molecule has 0 spiro atoms. The smallest absolute Gasteiger partial charge is 0.0656 e. The highest BCUT2D eigenvalue weighted by atomic mass is 16.5. The third-order valence-electron chi connectivity index (χ3n) is 4.16. The summed E-state index contributed by atoms with van der Waals surface area (Å²) in [6, 6.07) is 0.641. The Hall–Kier alpha value is -0.0800. The van der Waals surface area contributed by atoms with E-state index in [4.69, 9.17) is 4.74 Å². The molecule has 0 radical (unpaired) electrons. The summed E-state index contributed by atoms with van der Waals surface area (Å²) in [5, 5.41) is 3.70. The van der Waals surface area contributed by atoms with Crippen LogP contribution in [0.4, 0.5) is 0 Å². The first-order valence-corrected chi connectivity index (χ1v) is 7.69. The van der Waals surface area contributed by atoms with E-state index < -0.39 is 0 Å². The fraction of sp³-hybridized carbons (Fsp3) is 1.00. The van der Waals surface area contributed by atoms with Crippen LogP contribution in [0, 0.1) is 17.3 Å². The Labute approximate surface area is 114 Å². The molecular weight excluding hydrogens is 222 g/mol. The minimum atomic E-state index is 0.298. The average Bonchev–Trinajstić information content (AvgIpc) is 2.25. The maximum atomic E-state index is 5.99. The van der Waals surface area contributed by atoms with Gasteiger partial charge in [-0.1, -0.05) is 41.5 Å². The minimum absolute atomic E-state index is 0.298. The zero-order valence-electron chi connectivity index (χ0n) is 13.3. The van der Waals surface area contributed by atoms with Gasteiger partial charge in [-0.25, -0.2) is 0 Å². The van der Waals surface area contributed by atoms with Gasteiger partial charge in [0.25, 0.3) is 0 Å². The predicted octanol–water partition coefficient (Wildman–Crippen LogP) is 3.85. The largest absolute Gasteiger partial charge is 0.377 e. The Morgan fingerprint density at radius 2 is 1.83 bits per heavy atom. The van der Waals surface area contributed by atoms with Crippen molar-refractivity contribution in [3.8, 4) is 0 Å². The van der Waals surface area contributed by atoms with Crippen LogP contribution in [-0.2, 0) is 4.74 Å². The van der Waals surface area contributed by atoms with Crippen LogP contribution < -0.4 is 5.32 Å². The Kier molecular flexibility index (Phi) is 6.13. The summed E-state index contributed by atoms with van der Waals surface area (Å²) in [6.07, 6.45) is 4.25. The first-order valence-electron chi connectivity index (χ1n) is 7.69. The normalized spacial score (nSPS) is 26.7. The summed E-state index contributed by atoms with van der Waals surface area (Å²) < 4.78 is 5.99.